The molecule has 8 nitrogen and oxygen atoms in total. The van der Waals surface area contributed by atoms with Gasteiger partial charge < -0.3 is 9.64 Å². The number of likely N-dealkylation sites (tertiary alicyclic amines) is 1. The zero-order valence-electron chi connectivity index (χ0n) is 18.1. The van der Waals surface area contributed by atoms with E-state index in [0.29, 0.717) is 32.0 Å². The molecule has 0 aromatic heterocycles. The number of carbonyl (C=O) groups excluding carboxylic acids is 1. The number of nitrogens with zero attached hydrogens (tertiary/aromatic N) is 2. The van der Waals surface area contributed by atoms with Gasteiger partial charge in [-0.05, 0) is 62.8 Å². The second-order valence-corrected chi connectivity index (χ2v) is 11.2. The molecule has 1 aromatic rings. The number of hydrogen-bond donors (Lipinski definition) is 2. The maximum atomic E-state index is 13.5. The van der Waals surface area contributed by atoms with Crippen molar-refractivity contribution in [3.8, 4) is 5.75 Å². The maximum Gasteiger partial charge on any atom is 0.416 e. The van der Waals surface area contributed by atoms with E-state index >= 15 is 0 Å². The number of benzene rings is 1. The summed E-state index contributed by atoms with van der Waals surface area (Å²) >= 11 is 0. The van der Waals surface area contributed by atoms with E-state index in [9.17, 15) is 31.6 Å². The predicted molar refractivity (Wildman–Crippen MR) is 112 cm³/mol. The van der Waals surface area contributed by atoms with Gasteiger partial charge in [-0.1, -0.05) is 0 Å². The summed E-state index contributed by atoms with van der Waals surface area (Å²) in [6.07, 6.45) is -1.72. The topological polar surface area (TPSA) is 99.2 Å². The van der Waals surface area contributed by atoms with Crippen molar-refractivity contribution in [2.45, 2.75) is 61.6 Å². The molecular formula is C21H28F3N3O5S. The summed E-state index contributed by atoms with van der Waals surface area (Å²) < 4.78 is 70.5. The number of ether oxygens (including phenoxy) is 1. The highest BCUT2D eigenvalue weighted by Crippen LogP contribution is 2.39. The molecule has 1 aromatic carbocycles. The Balaban J connectivity index is 1.39. The highest BCUT2D eigenvalue weighted by atomic mass is 32.2. The minimum Gasteiger partial charge on any atom is -0.490 e. The quantitative estimate of drug-likeness (QED) is 0.468. The van der Waals surface area contributed by atoms with Gasteiger partial charge in [0.25, 0.3) is 5.91 Å². The van der Waals surface area contributed by atoms with E-state index in [0.717, 1.165) is 25.0 Å². The summed E-state index contributed by atoms with van der Waals surface area (Å²) in [6.45, 7) is 1.20. The van der Waals surface area contributed by atoms with Crippen LogP contribution in [0.25, 0.3) is 0 Å². The molecule has 2 heterocycles. The second-order valence-electron chi connectivity index (χ2n) is 8.95. The van der Waals surface area contributed by atoms with Crippen LogP contribution in [0.4, 0.5) is 13.2 Å². The van der Waals surface area contributed by atoms with Crippen molar-refractivity contribution in [3.05, 3.63) is 29.8 Å². The Morgan fingerprint density at radius 1 is 1.03 bits per heavy atom. The van der Waals surface area contributed by atoms with Gasteiger partial charge in [-0.2, -0.15) is 13.2 Å². The lowest BCUT2D eigenvalue weighted by Gasteiger charge is -2.43. The fourth-order valence-electron chi connectivity index (χ4n) is 4.75. The van der Waals surface area contributed by atoms with Gasteiger partial charge in [0.15, 0.2) is 4.75 Å². The number of sulfonamides is 1. The van der Waals surface area contributed by atoms with Crippen molar-refractivity contribution in [3.63, 3.8) is 0 Å². The van der Waals surface area contributed by atoms with Crippen LogP contribution in [-0.4, -0.2) is 71.8 Å². The third kappa shape index (κ3) is 4.84. The van der Waals surface area contributed by atoms with E-state index in [1.807, 2.05) is 0 Å². The highest BCUT2D eigenvalue weighted by molar-refractivity contribution is 7.91. The Kier molecular flexibility index (Phi) is 6.64. The van der Waals surface area contributed by atoms with Crippen molar-refractivity contribution < 1.29 is 36.3 Å². The van der Waals surface area contributed by atoms with Crippen molar-refractivity contribution in [2.75, 3.05) is 26.2 Å². The van der Waals surface area contributed by atoms with Crippen LogP contribution < -0.4 is 10.2 Å². The fourth-order valence-corrected chi connectivity index (χ4v) is 6.91. The van der Waals surface area contributed by atoms with Crippen LogP contribution in [0.3, 0.4) is 0 Å². The minimum absolute atomic E-state index is 0.111. The van der Waals surface area contributed by atoms with E-state index in [4.69, 9.17) is 4.74 Å². The monoisotopic (exact) mass is 491 g/mol. The number of hydrogen-bond acceptors (Lipinski definition) is 6. The van der Waals surface area contributed by atoms with Gasteiger partial charge in [0.1, 0.15) is 11.9 Å². The van der Waals surface area contributed by atoms with Crippen LogP contribution in [0, 0.1) is 0 Å². The summed E-state index contributed by atoms with van der Waals surface area (Å²) in [4.78, 5) is 14.8. The first-order valence-electron chi connectivity index (χ1n) is 11.1. The molecule has 4 rings (SSSR count). The Labute approximate surface area is 190 Å². The molecule has 2 saturated heterocycles. The predicted octanol–water partition coefficient (Wildman–Crippen LogP) is 2.38. The maximum absolute atomic E-state index is 13.5. The van der Waals surface area contributed by atoms with Crippen LogP contribution in [-0.2, 0) is 21.0 Å². The lowest BCUT2D eigenvalue weighted by molar-refractivity contribution is -0.137. The minimum atomic E-state index is -4.43. The molecule has 3 aliphatic rings. The van der Waals surface area contributed by atoms with Gasteiger partial charge in [-0.3, -0.25) is 10.0 Å². The number of carbonyl (C=O) groups is 1. The molecule has 2 aliphatic heterocycles. The molecular weight excluding hydrogens is 463 g/mol. The van der Waals surface area contributed by atoms with Crippen molar-refractivity contribution in [1.29, 1.82) is 0 Å². The summed E-state index contributed by atoms with van der Waals surface area (Å²) in [6, 6.07) is 4.85. The van der Waals surface area contributed by atoms with Crippen LogP contribution in [0.15, 0.2) is 24.3 Å². The summed E-state index contributed by atoms with van der Waals surface area (Å²) in [5, 5.41) is 9.29. The third-order valence-electron chi connectivity index (χ3n) is 6.90. The largest absolute Gasteiger partial charge is 0.490 e. The van der Waals surface area contributed by atoms with E-state index in [1.165, 1.54) is 16.4 Å². The molecule has 1 amide bonds. The van der Waals surface area contributed by atoms with Gasteiger partial charge in [0.05, 0.1) is 5.56 Å². The molecule has 0 unspecified atom stereocenters. The average molecular weight is 492 g/mol. The van der Waals surface area contributed by atoms with Crippen molar-refractivity contribution >= 4 is 15.9 Å². The Hall–Kier alpha value is -1.89. The fraction of sp³-hybridized carbons (Fsp3) is 0.667. The van der Waals surface area contributed by atoms with E-state index < -0.39 is 32.4 Å². The normalized spacial score (nSPS) is 23.3. The molecule has 1 aliphatic carbocycles. The first kappa shape index (κ1) is 24.2. The molecule has 184 valence electrons. The number of rotatable bonds is 6. The number of nitrogens with one attached hydrogen (secondary N) is 1. The number of halogens is 3. The van der Waals surface area contributed by atoms with Gasteiger partial charge in [0, 0.05) is 32.2 Å². The van der Waals surface area contributed by atoms with Crippen LogP contribution >= 0.6 is 0 Å². The van der Waals surface area contributed by atoms with E-state index in [-0.39, 0.29) is 37.8 Å². The Morgan fingerprint density at radius 3 is 2.09 bits per heavy atom. The standard InChI is InChI=1S/C21H28F3N3O5S/c22-21(23,24)15-1-5-17(6-2-15)32-18-7-11-27(12-8-18)33(30,31)20(19(28)25-29)9-13-26(14-10-20)16-3-4-16/h1-2,5-6,16,18,29H,3-4,7-14H2,(H,25,28). The van der Waals surface area contributed by atoms with Crippen molar-refractivity contribution in [2.24, 2.45) is 0 Å². The smallest absolute Gasteiger partial charge is 0.416 e. The molecule has 0 bridgehead atoms. The van der Waals surface area contributed by atoms with Crippen LogP contribution in [0.2, 0.25) is 0 Å². The van der Waals surface area contributed by atoms with Crippen LogP contribution in [0.5, 0.6) is 5.75 Å². The average Bonchev–Trinajstić information content (AvgIpc) is 3.64. The summed E-state index contributed by atoms with van der Waals surface area (Å²) in [7, 11) is -4.05. The zero-order chi connectivity index (χ0) is 23.9. The van der Waals surface area contributed by atoms with Crippen LogP contribution in [0.1, 0.15) is 44.1 Å². The third-order valence-corrected chi connectivity index (χ3v) is 9.53. The van der Waals surface area contributed by atoms with E-state index in [2.05, 4.69) is 4.90 Å². The molecule has 0 atom stereocenters. The molecule has 1 saturated carbocycles. The number of piperidine rings is 2. The van der Waals surface area contributed by atoms with Crippen molar-refractivity contribution in [1.82, 2.24) is 14.7 Å². The summed E-state index contributed by atoms with van der Waals surface area (Å²) in [5.41, 5.74) is 0.801. The number of amides is 1. The molecule has 0 spiro atoms. The van der Waals surface area contributed by atoms with Gasteiger partial charge in [0.2, 0.25) is 10.0 Å². The zero-order valence-corrected chi connectivity index (χ0v) is 18.9. The second kappa shape index (κ2) is 9.05. The SMILES string of the molecule is O=C(NO)C1(S(=O)(=O)N2CCC(Oc3ccc(C(F)(F)F)cc3)CC2)CCN(C2CC2)CC1. The highest BCUT2D eigenvalue weighted by Gasteiger charge is 2.56. The number of hydroxylamine groups is 1. The molecule has 33 heavy (non-hydrogen) atoms. The molecule has 3 fully saturated rings. The summed E-state index contributed by atoms with van der Waals surface area (Å²) in [5.74, 6) is -0.617. The first-order chi connectivity index (χ1) is 15.6. The van der Waals surface area contributed by atoms with E-state index in [1.54, 1.807) is 5.48 Å². The molecule has 0 radical (unpaired) electrons. The van der Waals surface area contributed by atoms with Gasteiger partial charge in [-0.15, -0.1) is 0 Å². The lowest BCUT2D eigenvalue weighted by Crippen LogP contribution is -2.62. The Morgan fingerprint density at radius 2 is 1.61 bits per heavy atom. The lowest BCUT2D eigenvalue weighted by atomic mass is 9.95. The van der Waals surface area contributed by atoms with Gasteiger partial charge >= 0.3 is 6.18 Å². The first-order valence-corrected chi connectivity index (χ1v) is 12.5. The molecule has 12 heteroatoms. The molecule has 2 N–H and O–H groups in total. The number of alkyl halides is 3. The van der Waals surface area contributed by atoms with Gasteiger partial charge in [-0.25, -0.2) is 18.2 Å². The Bertz CT molecular complexity index is 950.